The fourth-order valence-electron chi connectivity index (χ4n) is 2.62. The highest BCUT2D eigenvalue weighted by molar-refractivity contribution is 5.63. The van der Waals surface area contributed by atoms with Gasteiger partial charge in [-0.15, -0.1) is 0 Å². The van der Waals surface area contributed by atoms with Crippen LogP contribution in [0.4, 0.5) is 0 Å². The van der Waals surface area contributed by atoms with E-state index in [9.17, 15) is 0 Å². The van der Waals surface area contributed by atoms with Crippen molar-refractivity contribution in [1.82, 2.24) is 4.90 Å². The molecule has 115 valence electrons. The van der Waals surface area contributed by atoms with Crippen molar-refractivity contribution in [3.63, 3.8) is 0 Å². The van der Waals surface area contributed by atoms with Crippen LogP contribution in [0, 0.1) is 6.07 Å². The van der Waals surface area contributed by atoms with Gasteiger partial charge in [0.15, 0.2) is 0 Å². The van der Waals surface area contributed by atoms with E-state index in [0.29, 0.717) is 0 Å². The van der Waals surface area contributed by atoms with Crippen LogP contribution in [0.3, 0.4) is 0 Å². The number of nitrogens with zero attached hydrogens (tertiary/aromatic N) is 1. The lowest BCUT2D eigenvalue weighted by Crippen LogP contribution is -2.37. The van der Waals surface area contributed by atoms with Crippen molar-refractivity contribution < 1.29 is 9.47 Å². The van der Waals surface area contributed by atoms with Crippen LogP contribution >= 0.6 is 0 Å². The maximum Gasteiger partial charge on any atom is 0.119 e. The SMILES string of the molecule is [c]1cccc(-c2ccc(OCCCN3CCOCC3)cc2)c1. The topological polar surface area (TPSA) is 21.7 Å². The van der Waals surface area contributed by atoms with Gasteiger partial charge in [-0.1, -0.05) is 30.3 Å². The fourth-order valence-corrected chi connectivity index (χ4v) is 2.62. The molecule has 0 N–H and O–H groups in total. The van der Waals surface area contributed by atoms with Gasteiger partial charge in [-0.05, 0) is 41.8 Å². The minimum absolute atomic E-state index is 0.760. The van der Waals surface area contributed by atoms with Crippen LogP contribution in [-0.2, 0) is 4.74 Å². The highest BCUT2D eigenvalue weighted by Crippen LogP contribution is 2.21. The zero-order valence-corrected chi connectivity index (χ0v) is 12.8. The average Bonchev–Trinajstić information content (AvgIpc) is 2.61. The molecule has 1 aliphatic rings. The molecule has 2 aromatic rings. The van der Waals surface area contributed by atoms with Crippen LogP contribution in [0.1, 0.15) is 6.42 Å². The van der Waals surface area contributed by atoms with Gasteiger partial charge >= 0.3 is 0 Å². The monoisotopic (exact) mass is 296 g/mol. The highest BCUT2D eigenvalue weighted by atomic mass is 16.5. The van der Waals surface area contributed by atoms with E-state index in [1.54, 1.807) is 0 Å². The number of morpholine rings is 1. The highest BCUT2D eigenvalue weighted by Gasteiger charge is 2.09. The first-order valence-corrected chi connectivity index (χ1v) is 7.91. The molecule has 1 saturated heterocycles. The molecule has 3 rings (SSSR count). The Morgan fingerprint density at radius 1 is 1.05 bits per heavy atom. The van der Waals surface area contributed by atoms with Gasteiger partial charge in [-0.25, -0.2) is 0 Å². The second-order valence-corrected chi connectivity index (χ2v) is 5.47. The third-order valence-corrected chi connectivity index (χ3v) is 3.89. The predicted molar refractivity (Wildman–Crippen MR) is 88.1 cm³/mol. The van der Waals surface area contributed by atoms with Gasteiger partial charge in [0, 0.05) is 19.6 Å². The summed E-state index contributed by atoms with van der Waals surface area (Å²) < 4.78 is 11.2. The summed E-state index contributed by atoms with van der Waals surface area (Å²) in [5, 5.41) is 0. The van der Waals surface area contributed by atoms with Crippen molar-refractivity contribution in [2.45, 2.75) is 6.42 Å². The molecule has 0 spiro atoms. The van der Waals surface area contributed by atoms with E-state index in [1.165, 1.54) is 11.1 Å². The average molecular weight is 296 g/mol. The lowest BCUT2D eigenvalue weighted by molar-refractivity contribution is 0.0358. The first-order chi connectivity index (χ1) is 10.9. The summed E-state index contributed by atoms with van der Waals surface area (Å²) in [6.07, 6.45) is 1.05. The Morgan fingerprint density at radius 2 is 1.86 bits per heavy atom. The Morgan fingerprint density at radius 3 is 2.59 bits per heavy atom. The molecule has 3 nitrogen and oxygen atoms in total. The van der Waals surface area contributed by atoms with Crippen LogP contribution in [0.15, 0.2) is 48.5 Å². The fraction of sp³-hybridized carbons (Fsp3) is 0.368. The van der Waals surface area contributed by atoms with Crippen LogP contribution in [0.25, 0.3) is 11.1 Å². The number of hydrogen-bond donors (Lipinski definition) is 0. The maximum atomic E-state index is 5.82. The van der Waals surface area contributed by atoms with Gasteiger partial charge in [0.25, 0.3) is 0 Å². The lowest BCUT2D eigenvalue weighted by Gasteiger charge is -2.26. The normalized spacial score (nSPS) is 15.6. The summed E-state index contributed by atoms with van der Waals surface area (Å²) >= 11 is 0. The van der Waals surface area contributed by atoms with Gasteiger partial charge in [0.2, 0.25) is 0 Å². The Labute approximate surface area is 132 Å². The number of benzene rings is 2. The molecule has 0 atom stereocenters. The van der Waals surface area contributed by atoms with Crippen molar-refractivity contribution in [3.05, 3.63) is 54.6 Å². The molecule has 0 bridgehead atoms. The molecule has 3 heteroatoms. The Bertz CT molecular complexity index is 547. The van der Waals surface area contributed by atoms with Gasteiger partial charge < -0.3 is 9.47 Å². The second-order valence-electron chi connectivity index (χ2n) is 5.47. The number of ether oxygens (including phenoxy) is 2. The molecular weight excluding hydrogens is 274 g/mol. The van der Waals surface area contributed by atoms with Crippen molar-refractivity contribution in [3.8, 4) is 16.9 Å². The summed E-state index contributed by atoms with van der Waals surface area (Å²) in [4.78, 5) is 2.43. The summed E-state index contributed by atoms with van der Waals surface area (Å²) in [6, 6.07) is 19.4. The maximum absolute atomic E-state index is 5.82. The molecule has 22 heavy (non-hydrogen) atoms. The first kappa shape index (κ1) is 15.1. The summed E-state index contributed by atoms with van der Waals surface area (Å²) in [5.41, 5.74) is 2.37. The molecule has 2 aromatic carbocycles. The zero-order valence-electron chi connectivity index (χ0n) is 12.8. The minimum Gasteiger partial charge on any atom is -0.494 e. The molecule has 1 aliphatic heterocycles. The molecule has 0 saturated carbocycles. The van der Waals surface area contributed by atoms with E-state index in [2.05, 4.69) is 29.2 Å². The molecule has 0 unspecified atom stereocenters. The molecule has 0 amide bonds. The third kappa shape index (κ3) is 4.33. The van der Waals surface area contributed by atoms with Gasteiger partial charge in [0.05, 0.1) is 19.8 Å². The molecule has 1 fully saturated rings. The minimum atomic E-state index is 0.760. The predicted octanol–water partition coefficient (Wildman–Crippen LogP) is 3.25. The molecule has 1 heterocycles. The van der Waals surface area contributed by atoms with E-state index in [1.807, 2.05) is 30.3 Å². The van der Waals surface area contributed by atoms with Gasteiger partial charge in [0.1, 0.15) is 5.75 Å². The second kappa shape index (κ2) is 7.97. The molecule has 1 radical (unpaired) electrons. The smallest absolute Gasteiger partial charge is 0.119 e. The number of rotatable bonds is 6. The van der Waals surface area contributed by atoms with Crippen molar-refractivity contribution in [1.29, 1.82) is 0 Å². The van der Waals surface area contributed by atoms with Crippen LogP contribution < -0.4 is 4.74 Å². The first-order valence-electron chi connectivity index (χ1n) is 7.91. The van der Waals surface area contributed by atoms with Crippen LogP contribution in [0.2, 0.25) is 0 Å². The van der Waals surface area contributed by atoms with Crippen molar-refractivity contribution >= 4 is 0 Å². The number of hydrogen-bond acceptors (Lipinski definition) is 3. The lowest BCUT2D eigenvalue weighted by atomic mass is 10.1. The largest absolute Gasteiger partial charge is 0.494 e. The molecule has 0 aromatic heterocycles. The summed E-state index contributed by atoms with van der Waals surface area (Å²) in [6.45, 7) is 5.65. The van der Waals surface area contributed by atoms with Crippen molar-refractivity contribution in [2.24, 2.45) is 0 Å². The zero-order chi connectivity index (χ0) is 15.0. The van der Waals surface area contributed by atoms with E-state index in [4.69, 9.17) is 9.47 Å². The molecule has 0 aliphatic carbocycles. The van der Waals surface area contributed by atoms with E-state index in [0.717, 1.165) is 51.6 Å². The van der Waals surface area contributed by atoms with Crippen LogP contribution in [-0.4, -0.2) is 44.4 Å². The molecular formula is C19H22NO2. The van der Waals surface area contributed by atoms with Crippen molar-refractivity contribution in [2.75, 3.05) is 39.5 Å². The Hall–Kier alpha value is -1.84. The van der Waals surface area contributed by atoms with Gasteiger partial charge in [-0.3, -0.25) is 4.90 Å². The van der Waals surface area contributed by atoms with Crippen LogP contribution in [0.5, 0.6) is 5.75 Å². The third-order valence-electron chi connectivity index (χ3n) is 3.89. The summed E-state index contributed by atoms with van der Waals surface area (Å²) in [7, 11) is 0. The van der Waals surface area contributed by atoms with E-state index in [-0.39, 0.29) is 0 Å². The van der Waals surface area contributed by atoms with E-state index >= 15 is 0 Å². The standard InChI is InChI=1S/C19H22NO2/c1-2-5-17(6-3-1)18-7-9-19(10-8-18)22-14-4-11-20-12-15-21-16-13-20/h1-2,5-10H,4,11-16H2. The Kier molecular flexibility index (Phi) is 5.46. The van der Waals surface area contributed by atoms with E-state index < -0.39 is 0 Å². The quantitative estimate of drug-likeness (QED) is 0.764. The summed E-state index contributed by atoms with van der Waals surface area (Å²) in [5.74, 6) is 0.936. The van der Waals surface area contributed by atoms with Gasteiger partial charge in [-0.2, -0.15) is 0 Å². The Balaban J connectivity index is 1.43.